The number of hydrogen-bond donors (Lipinski definition) is 0. The fourth-order valence-electron chi connectivity index (χ4n) is 3.00. The number of carbonyl (C=O) groups excluding carboxylic acids is 1. The Hall–Kier alpha value is -3.09. The number of aryl methyl sites for hydroxylation is 2. The number of halogens is 3. The van der Waals surface area contributed by atoms with Crippen LogP contribution >= 0.6 is 0 Å². The van der Waals surface area contributed by atoms with Gasteiger partial charge in [-0.15, -0.1) is 0 Å². The molecule has 0 spiro atoms. The van der Waals surface area contributed by atoms with Crippen molar-refractivity contribution in [1.82, 2.24) is 9.78 Å². The zero-order chi connectivity index (χ0) is 22.3. The predicted octanol–water partition coefficient (Wildman–Crippen LogP) is 6.02. The molecule has 0 saturated heterocycles. The van der Waals surface area contributed by atoms with Crippen LogP contribution in [0.5, 0.6) is 5.88 Å². The van der Waals surface area contributed by atoms with Gasteiger partial charge in [0.2, 0.25) is 5.88 Å². The first kappa shape index (κ1) is 21.6. The van der Waals surface area contributed by atoms with E-state index in [9.17, 15) is 18.0 Å². The van der Waals surface area contributed by atoms with Gasteiger partial charge in [-0.25, -0.2) is 9.48 Å². The van der Waals surface area contributed by atoms with Crippen molar-refractivity contribution in [3.05, 3.63) is 76.5 Å². The zero-order valence-electron chi connectivity index (χ0n) is 17.5. The lowest BCUT2D eigenvalue weighted by atomic mass is 9.93. The number of carbonyl (C=O) groups is 1. The lowest BCUT2D eigenvalue weighted by Gasteiger charge is -2.14. The Kier molecular flexibility index (Phi) is 5.50. The third-order valence-electron chi connectivity index (χ3n) is 4.65. The third-order valence-corrected chi connectivity index (χ3v) is 4.65. The summed E-state index contributed by atoms with van der Waals surface area (Å²) >= 11 is 0. The first-order chi connectivity index (χ1) is 13.9. The second-order valence-corrected chi connectivity index (χ2v) is 8.29. The summed E-state index contributed by atoms with van der Waals surface area (Å²) in [7, 11) is 0. The maximum absolute atomic E-state index is 13.0. The summed E-state index contributed by atoms with van der Waals surface area (Å²) in [4.78, 5) is 12.6. The van der Waals surface area contributed by atoms with Gasteiger partial charge >= 0.3 is 12.1 Å². The Morgan fingerprint density at radius 2 is 1.70 bits per heavy atom. The SMILES string of the molecule is Cc1ccc(-n2nc(C(C)(C)C)cc2OC(=O)c2cccc(C(F)(F)F)c2)c(C)c1. The lowest BCUT2D eigenvalue weighted by Crippen LogP contribution is -2.14. The van der Waals surface area contributed by atoms with Gasteiger partial charge in [0.1, 0.15) is 0 Å². The van der Waals surface area contributed by atoms with Gasteiger partial charge < -0.3 is 4.74 Å². The smallest absolute Gasteiger partial charge is 0.404 e. The van der Waals surface area contributed by atoms with E-state index in [2.05, 4.69) is 5.10 Å². The summed E-state index contributed by atoms with van der Waals surface area (Å²) in [5.41, 5.74) is 2.00. The average molecular weight is 416 g/mol. The number of ether oxygens (including phenoxy) is 1. The summed E-state index contributed by atoms with van der Waals surface area (Å²) in [6.45, 7) is 9.80. The molecule has 0 unspecified atom stereocenters. The van der Waals surface area contributed by atoms with Crippen LogP contribution in [-0.4, -0.2) is 15.7 Å². The van der Waals surface area contributed by atoms with Crippen molar-refractivity contribution >= 4 is 5.97 Å². The van der Waals surface area contributed by atoms with Gasteiger partial charge in [0, 0.05) is 11.5 Å². The summed E-state index contributed by atoms with van der Waals surface area (Å²) in [5.74, 6) is -0.734. The number of esters is 1. The molecule has 7 heteroatoms. The van der Waals surface area contributed by atoms with Gasteiger partial charge in [0.25, 0.3) is 0 Å². The fraction of sp³-hybridized carbons (Fsp3) is 0.304. The minimum Gasteiger partial charge on any atom is -0.404 e. The molecule has 0 amide bonds. The van der Waals surface area contributed by atoms with E-state index in [-0.39, 0.29) is 16.9 Å². The van der Waals surface area contributed by atoms with E-state index in [1.54, 1.807) is 6.07 Å². The van der Waals surface area contributed by atoms with Crippen LogP contribution in [0.3, 0.4) is 0 Å². The van der Waals surface area contributed by atoms with E-state index in [4.69, 9.17) is 4.74 Å². The predicted molar refractivity (Wildman–Crippen MR) is 108 cm³/mol. The Morgan fingerprint density at radius 1 is 1.00 bits per heavy atom. The number of rotatable bonds is 3. The monoisotopic (exact) mass is 416 g/mol. The van der Waals surface area contributed by atoms with Crippen molar-refractivity contribution in [2.24, 2.45) is 0 Å². The molecule has 158 valence electrons. The highest BCUT2D eigenvalue weighted by atomic mass is 19.4. The van der Waals surface area contributed by atoms with Gasteiger partial charge in [0.15, 0.2) is 0 Å². The molecule has 1 aromatic heterocycles. The van der Waals surface area contributed by atoms with Crippen molar-refractivity contribution in [2.45, 2.75) is 46.2 Å². The molecular formula is C23H23F3N2O2. The normalized spacial score (nSPS) is 12.1. The van der Waals surface area contributed by atoms with Gasteiger partial charge in [-0.05, 0) is 43.7 Å². The van der Waals surface area contributed by atoms with Crippen LogP contribution in [0.2, 0.25) is 0 Å². The molecule has 0 N–H and O–H groups in total. The Morgan fingerprint density at radius 3 is 2.30 bits per heavy atom. The second kappa shape index (κ2) is 7.63. The molecule has 3 aromatic rings. The van der Waals surface area contributed by atoms with Gasteiger partial charge in [-0.1, -0.05) is 44.5 Å². The van der Waals surface area contributed by atoms with E-state index in [0.29, 0.717) is 5.69 Å². The molecule has 0 saturated carbocycles. The van der Waals surface area contributed by atoms with Crippen LogP contribution in [0.4, 0.5) is 13.2 Å². The molecule has 0 bridgehead atoms. The van der Waals surface area contributed by atoms with Crippen molar-refractivity contribution in [3.8, 4) is 11.6 Å². The Balaban J connectivity index is 2.03. The van der Waals surface area contributed by atoms with E-state index >= 15 is 0 Å². The Bertz CT molecular complexity index is 1090. The van der Waals surface area contributed by atoms with Crippen LogP contribution < -0.4 is 4.74 Å². The van der Waals surface area contributed by atoms with E-state index in [1.807, 2.05) is 52.8 Å². The molecule has 0 aliphatic carbocycles. The van der Waals surface area contributed by atoms with Crippen LogP contribution in [0.1, 0.15) is 53.5 Å². The van der Waals surface area contributed by atoms with E-state index in [1.165, 1.54) is 16.8 Å². The number of aromatic nitrogens is 2. The standard InChI is InChI=1S/C23H23F3N2O2/c1-14-9-10-18(15(2)11-14)28-20(13-19(27-28)22(3,4)5)30-21(29)16-7-6-8-17(12-16)23(24,25)26/h6-13H,1-5H3. The van der Waals surface area contributed by atoms with Gasteiger partial charge in [-0.2, -0.15) is 18.3 Å². The van der Waals surface area contributed by atoms with Crippen LogP contribution in [0.25, 0.3) is 5.69 Å². The quantitative estimate of drug-likeness (QED) is 0.490. The third kappa shape index (κ3) is 4.56. The highest BCUT2D eigenvalue weighted by molar-refractivity contribution is 5.91. The summed E-state index contributed by atoms with van der Waals surface area (Å²) in [6, 6.07) is 11.6. The summed E-state index contributed by atoms with van der Waals surface area (Å²) in [6.07, 6.45) is -4.55. The number of benzene rings is 2. The second-order valence-electron chi connectivity index (χ2n) is 8.29. The molecule has 3 rings (SSSR count). The van der Waals surface area contributed by atoms with Crippen LogP contribution in [-0.2, 0) is 11.6 Å². The summed E-state index contributed by atoms with van der Waals surface area (Å²) in [5, 5.41) is 4.61. The highest BCUT2D eigenvalue weighted by Crippen LogP contribution is 2.31. The minimum atomic E-state index is -4.55. The van der Waals surface area contributed by atoms with Crippen LogP contribution in [0.15, 0.2) is 48.5 Å². The molecule has 4 nitrogen and oxygen atoms in total. The van der Waals surface area contributed by atoms with Crippen molar-refractivity contribution in [1.29, 1.82) is 0 Å². The van der Waals surface area contributed by atoms with E-state index < -0.39 is 17.7 Å². The first-order valence-electron chi connectivity index (χ1n) is 9.44. The summed E-state index contributed by atoms with van der Waals surface area (Å²) < 4.78 is 46.0. The number of hydrogen-bond acceptors (Lipinski definition) is 3. The number of alkyl halides is 3. The van der Waals surface area contributed by atoms with E-state index in [0.717, 1.165) is 28.9 Å². The topological polar surface area (TPSA) is 44.1 Å². The average Bonchev–Trinajstić information content (AvgIpc) is 3.05. The highest BCUT2D eigenvalue weighted by Gasteiger charge is 2.31. The van der Waals surface area contributed by atoms with Gasteiger partial charge in [0.05, 0.1) is 22.5 Å². The molecule has 0 fully saturated rings. The molecule has 0 aliphatic heterocycles. The zero-order valence-corrected chi connectivity index (χ0v) is 17.5. The Labute approximate surface area is 173 Å². The molecule has 0 aliphatic rings. The lowest BCUT2D eigenvalue weighted by molar-refractivity contribution is -0.137. The molecule has 0 atom stereocenters. The molecular weight excluding hydrogens is 393 g/mol. The molecule has 2 aromatic carbocycles. The largest absolute Gasteiger partial charge is 0.416 e. The maximum Gasteiger partial charge on any atom is 0.416 e. The van der Waals surface area contributed by atoms with Crippen molar-refractivity contribution in [3.63, 3.8) is 0 Å². The van der Waals surface area contributed by atoms with Crippen molar-refractivity contribution in [2.75, 3.05) is 0 Å². The molecule has 30 heavy (non-hydrogen) atoms. The van der Waals surface area contributed by atoms with Crippen LogP contribution in [0, 0.1) is 13.8 Å². The first-order valence-corrected chi connectivity index (χ1v) is 9.44. The molecule has 1 heterocycles. The fourth-order valence-corrected chi connectivity index (χ4v) is 3.00. The molecule has 0 radical (unpaired) electrons. The minimum absolute atomic E-state index is 0.147. The van der Waals surface area contributed by atoms with Crippen molar-refractivity contribution < 1.29 is 22.7 Å². The number of nitrogens with zero attached hydrogens (tertiary/aromatic N) is 2. The maximum atomic E-state index is 13.0. The van der Waals surface area contributed by atoms with Gasteiger partial charge in [-0.3, -0.25) is 0 Å².